The lowest BCUT2D eigenvalue weighted by Gasteiger charge is -2.38. The molecule has 3 aliphatic rings. The second-order valence-corrected chi connectivity index (χ2v) is 10.7. The van der Waals surface area contributed by atoms with Crippen LogP contribution in [0.5, 0.6) is 0 Å². The molecule has 0 saturated carbocycles. The van der Waals surface area contributed by atoms with E-state index in [2.05, 4.69) is 33.4 Å². The van der Waals surface area contributed by atoms with Crippen molar-refractivity contribution in [2.45, 2.75) is 50.5 Å². The third kappa shape index (κ3) is 6.30. The quantitative estimate of drug-likeness (QED) is 0.544. The second-order valence-electron chi connectivity index (χ2n) is 10.3. The van der Waals surface area contributed by atoms with Gasteiger partial charge in [-0.05, 0) is 68.9 Å². The van der Waals surface area contributed by atoms with Crippen molar-refractivity contribution in [3.63, 3.8) is 0 Å². The van der Waals surface area contributed by atoms with Crippen LogP contribution >= 0.6 is 12.2 Å². The monoisotopic (exact) mass is 528 g/mol. The van der Waals surface area contributed by atoms with Crippen LogP contribution in [0, 0.1) is 5.82 Å². The molecule has 37 heavy (non-hydrogen) atoms. The fourth-order valence-electron chi connectivity index (χ4n) is 5.55. The zero-order valence-electron chi connectivity index (χ0n) is 21.5. The Kier molecular flexibility index (Phi) is 8.36. The van der Waals surface area contributed by atoms with E-state index in [0.717, 1.165) is 56.1 Å². The molecular formula is C27H37FN6O2S. The van der Waals surface area contributed by atoms with Crippen LogP contribution in [0.4, 0.5) is 22.0 Å². The van der Waals surface area contributed by atoms with Crippen LogP contribution in [0.2, 0.25) is 0 Å². The van der Waals surface area contributed by atoms with Crippen LogP contribution < -0.4 is 20.4 Å². The minimum Gasteiger partial charge on any atom is -0.381 e. The number of hydrogen-bond acceptors (Lipinski definition) is 7. The van der Waals surface area contributed by atoms with Crippen molar-refractivity contribution < 1.29 is 13.9 Å². The third-order valence-electron chi connectivity index (χ3n) is 7.85. The molecule has 5 rings (SSSR count). The van der Waals surface area contributed by atoms with E-state index < -0.39 is 0 Å². The molecule has 0 radical (unpaired) electrons. The van der Waals surface area contributed by atoms with Crippen LogP contribution in [0.15, 0.2) is 30.3 Å². The Morgan fingerprint density at radius 1 is 1.03 bits per heavy atom. The van der Waals surface area contributed by atoms with Gasteiger partial charge in [0.15, 0.2) is 5.11 Å². The number of benzene rings is 1. The molecule has 0 spiro atoms. The van der Waals surface area contributed by atoms with Gasteiger partial charge in [0.2, 0.25) is 5.95 Å². The van der Waals surface area contributed by atoms with Crippen molar-refractivity contribution in [1.29, 1.82) is 0 Å². The lowest BCUT2D eigenvalue weighted by Crippen LogP contribution is -2.45. The zero-order chi connectivity index (χ0) is 25.7. The van der Waals surface area contributed by atoms with Crippen LogP contribution in [-0.2, 0) is 14.9 Å². The SMILES string of the molecule is C[C@H]1CCCCN1c1cc(N2CCOCC2)nc(NC(=S)NCC2(c3ccc(F)cc3)CCOCC2)n1. The Morgan fingerprint density at radius 2 is 1.73 bits per heavy atom. The fraction of sp³-hybridized carbons (Fsp3) is 0.593. The first-order chi connectivity index (χ1) is 18.0. The predicted octanol–water partition coefficient (Wildman–Crippen LogP) is 3.87. The molecule has 1 aromatic heterocycles. The molecule has 200 valence electrons. The highest BCUT2D eigenvalue weighted by Gasteiger charge is 2.34. The van der Waals surface area contributed by atoms with Gasteiger partial charge in [-0.3, -0.25) is 0 Å². The van der Waals surface area contributed by atoms with Gasteiger partial charge in [-0.2, -0.15) is 9.97 Å². The van der Waals surface area contributed by atoms with Crippen LogP contribution in [0.1, 0.15) is 44.6 Å². The molecule has 8 nitrogen and oxygen atoms in total. The Bertz CT molecular complexity index is 1060. The minimum absolute atomic E-state index is 0.178. The predicted molar refractivity (Wildman–Crippen MR) is 148 cm³/mol. The summed E-state index contributed by atoms with van der Waals surface area (Å²) in [6.07, 6.45) is 5.26. The van der Waals surface area contributed by atoms with Crippen molar-refractivity contribution in [2.24, 2.45) is 0 Å². The van der Waals surface area contributed by atoms with E-state index in [4.69, 9.17) is 31.7 Å². The number of piperidine rings is 1. The molecule has 4 heterocycles. The number of thiocarbonyl (C=S) groups is 1. The van der Waals surface area contributed by atoms with Gasteiger partial charge in [0.05, 0.1) is 13.2 Å². The highest BCUT2D eigenvalue weighted by Crippen LogP contribution is 2.34. The van der Waals surface area contributed by atoms with Crippen molar-refractivity contribution >= 4 is 34.9 Å². The Hall–Kier alpha value is -2.56. The van der Waals surface area contributed by atoms with Crippen molar-refractivity contribution in [1.82, 2.24) is 15.3 Å². The van der Waals surface area contributed by atoms with E-state index in [1.807, 2.05) is 12.1 Å². The Morgan fingerprint density at radius 3 is 2.46 bits per heavy atom. The summed E-state index contributed by atoms with van der Waals surface area (Å²) in [7, 11) is 0. The highest BCUT2D eigenvalue weighted by molar-refractivity contribution is 7.80. The lowest BCUT2D eigenvalue weighted by atomic mass is 9.74. The number of anilines is 3. The van der Waals surface area contributed by atoms with Gasteiger partial charge in [0.25, 0.3) is 0 Å². The number of ether oxygens (including phenoxy) is 2. The molecule has 0 bridgehead atoms. The first-order valence-corrected chi connectivity index (χ1v) is 13.8. The summed E-state index contributed by atoms with van der Waals surface area (Å²) < 4.78 is 24.8. The number of hydrogen-bond donors (Lipinski definition) is 2. The van der Waals surface area contributed by atoms with Crippen LogP contribution in [0.25, 0.3) is 0 Å². The molecule has 0 aliphatic carbocycles. The normalized spacial score (nSPS) is 21.9. The maximum Gasteiger partial charge on any atom is 0.232 e. The van der Waals surface area contributed by atoms with E-state index >= 15 is 0 Å². The van der Waals surface area contributed by atoms with Gasteiger partial charge in [0, 0.05) is 56.9 Å². The molecule has 2 N–H and O–H groups in total. The smallest absolute Gasteiger partial charge is 0.232 e. The standard InChI is InChI=1S/C27H37FN6O2S/c1-20-4-2-3-11-34(20)24-18-23(33-12-16-36-17-13-33)30-25(31-24)32-26(37)29-19-27(9-14-35-15-10-27)21-5-7-22(28)8-6-21/h5-8,18,20H,2-4,9-17,19H2,1H3,(H2,29,30,31,32,37)/t20-/m0/s1. The number of halogens is 1. The largest absolute Gasteiger partial charge is 0.381 e. The van der Waals surface area contributed by atoms with E-state index in [1.165, 1.54) is 25.0 Å². The fourth-order valence-corrected chi connectivity index (χ4v) is 5.71. The molecule has 2 aromatic rings. The van der Waals surface area contributed by atoms with E-state index in [0.29, 0.717) is 50.1 Å². The second kappa shape index (κ2) is 11.9. The van der Waals surface area contributed by atoms with Gasteiger partial charge in [-0.25, -0.2) is 4.39 Å². The topological polar surface area (TPSA) is 74.8 Å². The summed E-state index contributed by atoms with van der Waals surface area (Å²) in [5, 5.41) is 7.14. The van der Waals surface area contributed by atoms with Gasteiger partial charge in [-0.1, -0.05) is 12.1 Å². The molecule has 0 amide bonds. The first kappa shape index (κ1) is 26.1. The molecule has 3 aliphatic heterocycles. The van der Waals surface area contributed by atoms with Gasteiger partial charge in [0.1, 0.15) is 17.5 Å². The molecular weight excluding hydrogens is 491 g/mol. The number of aromatic nitrogens is 2. The number of rotatable bonds is 6. The minimum atomic E-state index is -0.229. The van der Waals surface area contributed by atoms with E-state index in [9.17, 15) is 4.39 Å². The van der Waals surface area contributed by atoms with Crippen LogP contribution in [0.3, 0.4) is 0 Å². The van der Waals surface area contributed by atoms with E-state index in [1.54, 1.807) is 0 Å². The Labute approximate surface area is 223 Å². The van der Waals surface area contributed by atoms with Gasteiger partial charge < -0.3 is 29.9 Å². The average molecular weight is 529 g/mol. The molecule has 3 fully saturated rings. The van der Waals surface area contributed by atoms with Crippen molar-refractivity contribution in [2.75, 3.05) is 67.7 Å². The van der Waals surface area contributed by atoms with Gasteiger partial charge >= 0.3 is 0 Å². The number of nitrogens with one attached hydrogen (secondary N) is 2. The highest BCUT2D eigenvalue weighted by atomic mass is 32.1. The van der Waals surface area contributed by atoms with E-state index in [-0.39, 0.29) is 11.2 Å². The van der Waals surface area contributed by atoms with Crippen molar-refractivity contribution in [3.05, 3.63) is 41.7 Å². The Balaban J connectivity index is 1.33. The molecule has 1 atom stereocenters. The summed E-state index contributed by atoms with van der Waals surface area (Å²) in [6.45, 7) is 8.19. The van der Waals surface area contributed by atoms with Crippen molar-refractivity contribution in [3.8, 4) is 0 Å². The lowest BCUT2D eigenvalue weighted by molar-refractivity contribution is 0.0515. The molecule has 3 saturated heterocycles. The molecule has 1 aromatic carbocycles. The maximum atomic E-state index is 13.6. The van der Waals surface area contributed by atoms with Crippen LogP contribution in [-0.4, -0.2) is 73.7 Å². The maximum absolute atomic E-state index is 13.6. The average Bonchev–Trinajstić information content (AvgIpc) is 2.93. The van der Waals surface area contributed by atoms with Gasteiger partial charge in [-0.15, -0.1) is 0 Å². The summed E-state index contributed by atoms with van der Waals surface area (Å²) in [6, 6.07) is 9.33. The molecule has 0 unspecified atom stereocenters. The summed E-state index contributed by atoms with van der Waals surface area (Å²) in [5.41, 5.74) is 0.919. The first-order valence-electron chi connectivity index (χ1n) is 13.4. The summed E-state index contributed by atoms with van der Waals surface area (Å²) >= 11 is 5.71. The number of morpholine rings is 1. The molecule has 10 heteroatoms. The third-order valence-corrected chi connectivity index (χ3v) is 8.10. The number of nitrogens with zero attached hydrogens (tertiary/aromatic N) is 4. The zero-order valence-corrected chi connectivity index (χ0v) is 22.4. The summed E-state index contributed by atoms with van der Waals surface area (Å²) in [4.78, 5) is 14.3. The summed E-state index contributed by atoms with van der Waals surface area (Å²) in [5.74, 6) is 2.09.